The fraction of sp³-hybridized carbons (Fsp3) is 0.952. The Labute approximate surface area is 626 Å². The maximum Gasteiger partial charge on any atom is 0.472 e. The zero-order valence-electron chi connectivity index (χ0n) is 66.8. The van der Waals surface area contributed by atoms with E-state index in [0.717, 1.165) is 89.9 Å². The van der Waals surface area contributed by atoms with Crippen LogP contribution in [0.5, 0.6) is 0 Å². The van der Waals surface area contributed by atoms with Crippen molar-refractivity contribution in [3.8, 4) is 0 Å². The van der Waals surface area contributed by atoms with Gasteiger partial charge in [-0.05, 0) is 31.6 Å². The largest absolute Gasteiger partial charge is 0.472 e. The van der Waals surface area contributed by atoms with Gasteiger partial charge in [-0.2, -0.15) is 0 Å². The highest BCUT2D eigenvalue weighted by molar-refractivity contribution is 7.47. The van der Waals surface area contributed by atoms with E-state index in [1.165, 1.54) is 270 Å². The molecule has 0 aliphatic heterocycles. The van der Waals surface area contributed by atoms with Crippen LogP contribution in [0.2, 0.25) is 0 Å². The molecule has 0 spiro atoms. The Hall–Kier alpha value is -1.94. The Morgan fingerprint density at radius 2 is 0.451 bits per heavy atom. The molecule has 0 radical (unpaired) electrons. The van der Waals surface area contributed by atoms with Crippen LogP contribution in [-0.4, -0.2) is 96.7 Å². The van der Waals surface area contributed by atoms with E-state index >= 15 is 0 Å². The molecule has 0 aromatic carbocycles. The van der Waals surface area contributed by atoms with Crippen molar-refractivity contribution in [1.82, 2.24) is 0 Å². The number of hydrogen-bond acceptors (Lipinski definition) is 15. The average Bonchev–Trinajstić information content (AvgIpc) is 0.930. The fourth-order valence-corrected chi connectivity index (χ4v) is 14.5. The van der Waals surface area contributed by atoms with E-state index in [4.69, 9.17) is 37.0 Å². The second-order valence-corrected chi connectivity index (χ2v) is 33.3. The molecule has 2 unspecified atom stereocenters. The zero-order valence-corrected chi connectivity index (χ0v) is 68.5. The summed E-state index contributed by atoms with van der Waals surface area (Å²) in [5, 5.41) is 10.6. The van der Waals surface area contributed by atoms with Gasteiger partial charge in [0.1, 0.15) is 19.3 Å². The Morgan fingerprint density at radius 3 is 0.667 bits per heavy atom. The first-order valence-electron chi connectivity index (χ1n) is 43.1. The summed E-state index contributed by atoms with van der Waals surface area (Å²) < 4.78 is 68.7. The Kier molecular flexibility index (Phi) is 74.4. The molecule has 606 valence electrons. The number of phosphoric acid groups is 2. The number of carbonyl (C=O) groups excluding carboxylic acids is 4. The Morgan fingerprint density at radius 1 is 0.265 bits per heavy atom. The summed E-state index contributed by atoms with van der Waals surface area (Å²) in [5.41, 5.74) is 0. The van der Waals surface area contributed by atoms with Gasteiger partial charge in [-0.1, -0.05) is 394 Å². The van der Waals surface area contributed by atoms with Crippen molar-refractivity contribution >= 4 is 39.5 Å². The zero-order chi connectivity index (χ0) is 74.8. The van der Waals surface area contributed by atoms with Crippen molar-refractivity contribution in [3.63, 3.8) is 0 Å². The highest BCUT2D eigenvalue weighted by Gasteiger charge is 2.30. The van der Waals surface area contributed by atoms with Crippen molar-refractivity contribution in [2.45, 2.75) is 464 Å². The summed E-state index contributed by atoms with van der Waals surface area (Å²) in [5.74, 6) is -1.41. The van der Waals surface area contributed by atoms with Gasteiger partial charge in [0.25, 0.3) is 0 Å². The molecule has 0 aliphatic rings. The van der Waals surface area contributed by atoms with Gasteiger partial charge in [0.15, 0.2) is 12.2 Å². The lowest BCUT2D eigenvalue weighted by molar-refractivity contribution is -0.161. The molecule has 17 nitrogen and oxygen atoms in total. The lowest BCUT2D eigenvalue weighted by Crippen LogP contribution is -2.30. The fourth-order valence-electron chi connectivity index (χ4n) is 12.9. The number of esters is 4. The molecular weight excluding hydrogens is 1330 g/mol. The van der Waals surface area contributed by atoms with Gasteiger partial charge in [0, 0.05) is 25.7 Å². The van der Waals surface area contributed by atoms with Gasteiger partial charge in [-0.25, -0.2) is 9.13 Å². The topological polar surface area (TPSA) is 237 Å². The Bertz CT molecular complexity index is 1940. The van der Waals surface area contributed by atoms with E-state index in [2.05, 4.69) is 34.6 Å². The lowest BCUT2D eigenvalue weighted by Gasteiger charge is -2.21. The summed E-state index contributed by atoms with van der Waals surface area (Å²) >= 11 is 0. The molecule has 0 aromatic heterocycles. The standard InChI is InChI=1S/C83H162O17P2/c1-6-9-12-15-18-21-24-26-28-30-32-34-36-38-40-42-44-47-52-57-62-67-81(86)94-72-78(99-82(87)68-63-58-53-48-45-43-41-39-37-35-33-31-29-27-25-22-19-16-13-10-7-2)74-97-101(89,90)95-70-77(84)71-96-102(91,92)98-75-79(100-83(88)69-64-59-54-49-50-55-60-65-76(4)5)73-93-80(85)66-61-56-51-46-23-20-17-14-11-8-3/h76-79,84H,6-75H2,1-5H3,(H,89,90)(H,91,92)/t77-,78-,79-/m1/s1. The molecule has 3 N–H and O–H groups in total. The van der Waals surface area contributed by atoms with Gasteiger partial charge >= 0.3 is 39.5 Å². The SMILES string of the molecule is CCCCCCCCCCCCCCCCCCCCCCCC(=O)OC[C@H](COP(=O)(O)OC[C@@H](O)COP(=O)(O)OC[C@@H](COC(=O)CCCCCCCCCCCC)OC(=O)CCCCCCCCCC(C)C)OC(=O)CCCCCCCCCCCCCCCCCCCCCCC. The maximum absolute atomic E-state index is 13.1. The summed E-state index contributed by atoms with van der Waals surface area (Å²) in [6, 6.07) is 0. The van der Waals surface area contributed by atoms with Crippen LogP contribution in [0.3, 0.4) is 0 Å². The molecule has 5 atom stereocenters. The minimum Gasteiger partial charge on any atom is -0.462 e. The number of carbonyl (C=O) groups is 4. The van der Waals surface area contributed by atoms with Gasteiger partial charge in [0.2, 0.25) is 0 Å². The highest BCUT2D eigenvalue weighted by atomic mass is 31.2. The van der Waals surface area contributed by atoms with Crippen LogP contribution in [0.15, 0.2) is 0 Å². The molecule has 0 saturated heterocycles. The smallest absolute Gasteiger partial charge is 0.462 e. The molecule has 19 heteroatoms. The number of rotatable bonds is 83. The molecule has 0 bridgehead atoms. The highest BCUT2D eigenvalue weighted by Crippen LogP contribution is 2.45. The minimum absolute atomic E-state index is 0.104. The van der Waals surface area contributed by atoms with Crippen LogP contribution in [0.4, 0.5) is 0 Å². The third kappa shape index (κ3) is 76.3. The lowest BCUT2D eigenvalue weighted by atomic mass is 10.0. The van der Waals surface area contributed by atoms with Crippen LogP contribution >= 0.6 is 15.6 Å². The summed E-state index contributed by atoms with van der Waals surface area (Å²) in [4.78, 5) is 73.0. The second kappa shape index (κ2) is 75.9. The molecule has 0 rings (SSSR count). The molecule has 0 fully saturated rings. The van der Waals surface area contributed by atoms with Gasteiger partial charge in [-0.3, -0.25) is 37.3 Å². The van der Waals surface area contributed by atoms with E-state index in [9.17, 15) is 43.2 Å². The van der Waals surface area contributed by atoms with Crippen LogP contribution in [0.25, 0.3) is 0 Å². The van der Waals surface area contributed by atoms with E-state index in [1.807, 2.05) is 0 Å². The van der Waals surface area contributed by atoms with Gasteiger partial charge < -0.3 is 33.8 Å². The van der Waals surface area contributed by atoms with E-state index in [1.54, 1.807) is 0 Å². The molecule has 0 saturated carbocycles. The number of aliphatic hydroxyl groups is 1. The first-order chi connectivity index (χ1) is 49.5. The molecule has 0 aliphatic carbocycles. The van der Waals surface area contributed by atoms with Crippen LogP contribution < -0.4 is 0 Å². The maximum atomic E-state index is 13.1. The van der Waals surface area contributed by atoms with Crippen LogP contribution in [0, 0.1) is 5.92 Å². The van der Waals surface area contributed by atoms with Crippen LogP contribution in [0.1, 0.15) is 446 Å². The van der Waals surface area contributed by atoms with Gasteiger partial charge in [-0.15, -0.1) is 0 Å². The quantitative estimate of drug-likeness (QED) is 0.0222. The third-order valence-electron chi connectivity index (χ3n) is 19.5. The first-order valence-corrected chi connectivity index (χ1v) is 46.1. The summed E-state index contributed by atoms with van der Waals surface area (Å²) in [7, 11) is -9.92. The summed E-state index contributed by atoms with van der Waals surface area (Å²) in [6.45, 7) is 7.26. The first kappa shape index (κ1) is 100. The minimum atomic E-state index is -4.96. The van der Waals surface area contributed by atoms with Crippen molar-refractivity contribution in [1.29, 1.82) is 0 Å². The van der Waals surface area contributed by atoms with Crippen molar-refractivity contribution < 1.29 is 80.2 Å². The molecule has 0 heterocycles. The van der Waals surface area contributed by atoms with Crippen molar-refractivity contribution in [2.24, 2.45) is 5.92 Å². The third-order valence-corrected chi connectivity index (χ3v) is 21.4. The van der Waals surface area contributed by atoms with E-state index in [-0.39, 0.29) is 25.7 Å². The Balaban J connectivity index is 5.17. The second-order valence-electron chi connectivity index (χ2n) is 30.3. The number of ether oxygens (including phenoxy) is 4. The van der Waals surface area contributed by atoms with Crippen molar-refractivity contribution in [3.05, 3.63) is 0 Å². The number of aliphatic hydroxyl groups excluding tert-OH is 1. The predicted octanol–water partition coefficient (Wildman–Crippen LogP) is 25.2. The molecular formula is C83H162O17P2. The van der Waals surface area contributed by atoms with Gasteiger partial charge in [0.05, 0.1) is 26.4 Å². The van der Waals surface area contributed by atoms with Crippen LogP contribution in [-0.2, 0) is 65.4 Å². The predicted molar refractivity (Wildman–Crippen MR) is 418 cm³/mol. The van der Waals surface area contributed by atoms with E-state index in [0.29, 0.717) is 31.6 Å². The number of phosphoric ester groups is 2. The number of hydrogen-bond donors (Lipinski definition) is 3. The molecule has 0 aromatic rings. The monoisotopic (exact) mass is 1490 g/mol. The number of unbranched alkanes of at least 4 members (excludes halogenated alkanes) is 55. The molecule has 0 amide bonds. The van der Waals surface area contributed by atoms with E-state index < -0.39 is 97.5 Å². The average molecular weight is 1490 g/mol. The molecule has 102 heavy (non-hydrogen) atoms. The van der Waals surface area contributed by atoms with Crippen molar-refractivity contribution in [2.75, 3.05) is 39.6 Å². The normalized spacial score (nSPS) is 13.8. The summed E-state index contributed by atoms with van der Waals surface area (Å²) in [6.07, 6.45) is 68.4.